The molecule has 2 aliphatic rings. The van der Waals surface area contributed by atoms with Gasteiger partial charge in [-0.3, -0.25) is 4.79 Å². The fourth-order valence-electron chi connectivity index (χ4n) is 2.61. The first-order valence-electron chi connectivity index (χ1n) is 6.74. The molecule has 0 unspecified atom stereocenters. The van der Waals surface area contributed by atoms with Crippen LogP contribution < -0.4 is 4.90 Å². The Morgan fingerprint density at radius 3 is 2.48 bits per heavy atom. The van der Waals surface area contributed by atoms with Gasteiger partial charge in [-0.15, -0.1) is 0 Å². The quantitative estimate of drug-likeness (QED) is 0.834. The Bertz CT molecular complexity index is 627. The summed E-state index contributed by atoms with van der Waals surface area (Å²) in [6, 6.07) is 9.33. The van der Waals surface area contributed by atoms with Crippen molar-refractivity contribution in [1.29, 1.82) is 5.26 Å². The molecule has 6 heteroatoms. The highest BCUT2D eigenvalue weighted by Gasteiger charge is 2.34. The number of Topliss-reactive ketones (excluding diaryl/α,β-unsaturated/α-hetero) is 1. The number of carbonyl (C=O) groups is 1. The third-order valence-corrected chi connectivity index (χ3v) is 3.87. The highest BCUT2D eigenvalue weighted by Crippen LogP contribution is 2.30. The zero-order valence-corrected chi connectivity index (χ0v) is 12.1. The molecule has 0 N–H and O–H groups in total. The van der Waals surface area contributed by atoms with Gasteiger partial charge in [-0.05, 0) is 24.3 Å². The molecule has 1 saturated heterocycles. The van der Waals surface area contributed by atoms with E-state index in [1.165, 1.54) is 0 Å². The second-order valence-corrected chi connectivity index (χ2v) is 5.33. The molecule has 0 aromatic heterocycles. The second-order valence-electron chi connectivity index (χ2n) is 4.90. The van der Waals surface area contributed by atoms with Gasteiger partial charge in [-0.2, -0.15) is 5.26 Å². The van der Waals surface area contributed by atoms with Crippen LogP contribution in [0.3, 0.4) is 0 Å². The van der Waals surface area contributed by atoms with Crippen LogP contribution in [0, 0.1) is 11.3 Å². The van der Waals surface area contributed by atoms with Gasteiger partial charge in [0.25, 0.3) is 0 Å². The zero-order chi connectivity index (χ0) is 14.8. The minimum Gasteiger partial charge on any atom is -0.378 e. The van der Waals surface area contributed by atoms with Crippen LogP contribution in [0.1, 0.15) is 0 Å². The number of rotatable bonds is 2. The molecule has 1 aromatic rings. The molecule has 1 fully saturated rings. The molecular formula is C15H14ClN3O2. The lowest BCUT2D eigenvalue weighted by atomic mass is 10.2. The molecule has 0 saturated carbocycles. The summed E-state index contributed by atoms with van der Waals surface area (Å²) in [7, 11) is 0. The molecule has 3 rings (SSSR count). The molecule has 0 radical (unpaired) electrons. The Hall–Kier alpha value is -2.03. The third kappa shape index (κ3) is 2.60. The van der Waals surface area contributed by atoms with Crippen LogP contribution in [-0.4, -0.2) is 43.5 Å². The number of nitriles is 1. The number of hydrogen-bond acceptors (Lipinski definition) is 5. The maximum absolute atomic E-state index is 12.1. The minimum atomic E-state index is -0.144. The summed E-state index contributed by atoms with van der Waals surface area (Å²) in [5, 5.41) is 9.95. The van der Waals surface area contributed by atoms with Crippen LogP contribution in [0.25, 0.3) is 0 Å². The fraction of sp³-hybridized carbons (Fsp3) is 0.333. The van der Waals surface area contributed by atoms with E-state index in [-0.39, 0.29) is 17.9 Å². The Kier molecular flexibility index (Phi) is 3.82. The third-order valence-electron chi connectivity index (χ3n) is 3.62. The number of hydrogen-bond donors (Lipinski definition) is 0. The highest BCUT2D eigenvalue weighted by molar-refractivity contribution is 6.30. The number of carbonyl (C=O) groups excluding carboxylic acids is 1. The first-order chi connectivity index (χ1) is 10.2. The maximum atomic E-state index is 12.1. The average molecular weight is 304 g/mol. The van der Waals surface area contributed by atoms with Crippen molar-refractivity contribution in [3.63, 3.8) is 0 Å². The molecule has 5 nitrogen and oxygen atoms in total. The number of ketones is 1. The van der Waals surface area contributed by atoms with Gasteiger partial charge in [0.15, 0.2) is 5.78 Å². The predicted molar refractivity (Wildman–Crippen MR) is 78.8 cm³/mol. The van der Waals surface area contributed by atoms with Gasteiger partial charge in [0, 0.05) is 23.8 Å². The lowest BCUT2D eigenvalue weighted by molar-refractivity contribution is -0.113. The largest absolute Gasteiger partial charge is 0.378 e. The summed E-state index contributed by atoms with van der Waals surface area (Å²) in [6.45, 7) is 2.75. The summed E-state index contributed by atoms with van der Waals surface area (Å²) in [6.07, 6.45) is 0. The van der Waals surface area contributed by atoms with Gasteiger partial charge >= 0.3 is 0 Å². The van der Waals surface area contributed by atoms with Gasteiger partial charge < -0.3 is 14.5 Å². The Balaban J connectivity index is 1.99. The Labute approximate surface area is 128 Å². The number of ether oxygens (including phenoxy) is 1. The molecule has 21 heavy (non-hydrogen) atoms. The van der Waals surface area contributed by atoms with E-state index in [2.05, 4.69) is 6.07 Å². The van der Waals surface area contributed by atoms with Gasteiger partial charge in [0.1, 0.15) is 17.5 Å². The number of nitrogens with zero attached hydrogens (tertiary/aromatic N) is 3. The first kappa shape index (κ1) is 13.9. The second kappa shape index (κ2) is 5.76. The molecule has 0 bridgehead atoms. The monoisotopic (exact) mass is 303 g/mol. The molecule has 1 aromatic carbocycles. The van der Waals surface area contributed by atoms with E-state index in [1.54, 1.807) is 12.1 Å². The van der Waals surface area contributed by atoms with Crippen LogP contribution in [-0.2, 0) is 9.53 Å². The number of halogens is 1. The van der Waals surface area contributed by atoms with Gasteiger partial charge in [-0.25, -0.2) is 0 Å². The summed E-state index contributed by atoms with van der Waals surface area (Å²) >= 11 is 5.91. The van der Waals surface area contributed by atoms with E-state index in [1.807, 2.05) is 21.9 Å². The van der Waals surface area contributed by atoms with Crippen molar-refractivity contribution in [3.05, 3.63) is 40.7 Å². The van der Waals surface area contributed by atoms with Gasteiger partial charge in [0.2, 0.25) is 0 Å². The van der Waals surface area contributed by atoms with E-state index in [9.17, 15) is 10.1 Å². The van der Waals surface area contributed by atoms with E-state index in [4.69, 9.17) is 16.3 Å². The number of anilines is 1. The summed E-state index contributed by atoms with van der Waals surface area (Å²) in [5.41, 5.74) is 1.09. The topological polar surface area (TPSA) is 56.6 Å². The van der Waals surface area contributed by atoms with Crippen molar-refractivity contribution < 1.29 is 9.53 Å². The van der Waals surface area contributed by atoms with Crippen LogP contribution >= 0.6 is 11.6 Å². The zero-order valence-electron chi connectivity index (χ0n) is 11.4. The Morgan fingerprint density at radius 1 is 1.19 bits per heavy atom. The van der Waals surface area contributed by atoms with E-state index >= 15 is 0 Å². The number of benzene rings is 1. The van der Waals surface area contributed by atoms with Crippen molar-refractivity contribution >= 4 is 23.1 Å². The van der Waals surface area contributed by atoms with Crippen molar-refractivity contribution in [3.8, 4) is 6.07 Å². The lowest BCUT2D eigenvalue weighted by Gasteiger charge is -2.34. The molecule has 0 aliphatic carbocycles. The van der Waals surface area contributed by atoms with E-state index in [0.717, 1.165) is 5.69 Å². The molecule has 108 valence electrons. The fourth-order valence-corrected chi connectivity index (χ4v) is 2.73. The molecule has 0 amide bonds. The van der Waals surface area contributed by atoms with E-state index < -0.39 is 0 Å². The normalized spacial score (nSPS) is 19.1. The molecule has 2 heterocycles. The van der Waals surface area contributed by atoms with E-state index in [0.29, 0.717) is 37.1 Å². The van der Waals surface area contributed by atoms with Crippen LogP contribution in [0.5, 0.6) is 0 Å². The average Bonchev–Trinajstić information content (AvgIpc) is 2.85. The van der Waals surface area contributed by atoms with Crippen molar-refractivity contribution in [2.75, 3.05) is 37.7 Å². The Morgan fingerprint density at radius 2 is 1.86 bits per heavy atom. The smallest absolute Gasteiger partial charge is 0.196 e. The lowest BCUT2D eigenvalue weighted by Crippen LogP contribution is -2.41. The summed E-state index contributed by atoms with van der Waals surface area (Å²) in [5.74, 6) is 0.544. The minimum absolute atomic E-state index is 0.144. The van der Waals surface area contributed by atoms with Crippen molar-refractivity contribution in [2.24, 2.45) is 0 Å². The maximum Gasteiger partial charge on any atom is 0.196 e. The molecule has 0 atom stereocenters. The van der Waals surface area contributed by atoms with Gasteiger partial charge in [-0.1, -0.05) is 11.6 Å². The molecular weight excluding hydrogens is 290 g/mol. The summed E-state index contributed by atoms with van der Waals surface area (Å²) < 4.78 is 5.34. The highest BCUT2D eigenvalue weighted by atomic mass is 35.5. The summed E-state index contributed by atoms with van der Waals surface area (Å²) in [4.78, 5) is 16.0. The van der Waals surface area contributed by atoms with Crippen LogP contribution in [0.2, 0.25) is 5.02 Å². The first-order valence-corrected chi connectivity index (χ1v) is 7.12. The van der Waals surface area contributed by atoms with Crippen LogP contribution in [0.15, 0.2) is 35.7 Å². The van der Waals surface area contributed by atoms with Gasteiger partial charge in [0.05, 0.1) is 19.8 Å². The SMILES string of the molecule is N#CC1=C(N2CCOCC2)N(c2ccc(Cl)cc2)CC1=O. The van der Waals surface area contributed by atoms with Crippen molar-refractivity contribution in [1.82, 2.24) is 4.90 Å². The standard InChI is InChI=1S/C15H14ClN3O2/c16-11-1-3-12(4-2-11)19-10-14(20)13(9-17)15(19)18-5-7-21-8-6-18/h1-4H,5-8,10H2. The molecule has 2 aliphatic heterocycles. The molecule has 0 spiro atoms. The van der Waals surface area contributed by atoms with Crippen LogP contribution in [0.4, 0.5) is 5.69 Å². The number of morpholine rings is 1. The van der Waals surface area contributed by atoms with Crippen molar-refractivity contribution in [2.45, 2.75) is 0 Å². The predicted octanol–water partition coefficient (Wildman–Crippen LogP) is 1.80.